The Hall–Kier alpha value is -0.580. The van der Waals surface area contributed by atoms with Crippen molar-refractivity contribution in [3.8, 4) is 0 Å². The Morgan fingerprint density at radius 2 is 2.25 bits per heavy atom. The zero-order valence-corrected chi connectivity index (χ0v) is 11.4. The minimum atomic E-state index is -0.288. The highest BCUT2D eigenvalue weighted by Gasteiger charge is 2.10. The smallest absolute Gasteiger partial charge is 0.273 e. The van der Waals surface area contributed by atoms with Crippen molar-refractivity contribution in [1.82, 2.24) is 5.48 Å². The summed E-state index contributed by atoms with van der Waals surface area (Å²) in [6, 6.07) is 4.96. The molecule has 0 unspecified atom stereocenters. The number of amides is 1. The third-order valence-electron chi connectivity index (χ3n) is 1.76. The van der Waals surface area contributed by atoms with Crippen LogP contribution in [0.4, 0.5) is 0 Å². The maximum atomic E-state index is 11.6. The monoisotopic (exact) mass is 305 g/mol. The van der Waals surface area contributed by atoms with Crippen molar-refractivity contribution in [3.63, 3.8) is 0 Å². The molecule has 88 valence electrons. The summed E-state index contributed by atoms with van der Waals surface area (Å²) in [4.78, 5) is 16.7. The highest BCUT2D eigenvalue weighted by atomic mass is 79.9. The van der Waals surface area contributed by atoms with Gasteiger partial charge in [-0.1, -0.05) is 25.4 Å². The fourth-order valence-electron chi connectivity index (χ4n) is 1.00. The Bertz CT molecular complexity index is 382. The van der Waals surface area contributed by atoms with E-state index < -0.39 is 0 Å². The summed E-state index contributed by atoms with van der Waals surface area (Å²) in [5, 5.41) is 0.575. The van der Waals surface area contributed by atoms with Gasteiger partial charge in [-0.3, -0.25) is 9.63 Å². The molecule has 0 aliphatic heterocycles. The van der Waals surface area contributed by atoms with Gasteiger partial charge in [0.05, 0.1) is 12.2 Å². The Balaban J connectivity index is 2.59. The van der Waals surface area contributed by atoms with Crippen molar-refractivity contribution in [2.24, 2.45) is 5.92 Å². The molecular formula is C11H13BrClNO2. The second kappa shape index (κ2) is 6.23. The van der Waals surface area contributed by atoms with E-state index in [9.17, 15) is 4.79 Å². The van der Waals surface area contributed by atoms with Crippen LogP contribution in [0.1, 0.15) is 24.2 Å². The number of carbonyl (C=O) groups is 1. The van der Waals surface area contributed by atoms with Crippen LogP contribution in [0.15, 0.2) is 22.7 Å². The average molecular weight is 307 g/mol. The van der Waals surface area contributed by atoms with Gasteiger partial charge in [-0.2, -0.15) is 0 Å². The number of benzene rings is 1. The van der Waals surface area contributed by atoms with Gasteiger partial charge in [0.15, 0.2) is 0 Å². The third-order valence-corrected chi connectivity index (χ3v) is 2.65. The molecule has 16 heavy (non-hydrogen) atoms. The molecule has 0 saturated heterocycles. The summed E-state index contributed by atoms with van der Waals surface area (Å²) in [6.07, 6.45) is 0. The molecule has 1 aromatic carbocycles. The van der Waals surface area contributed by atoms with Gasteiger partial charge < -0.3 is 0 Å². The molecule has 5 heteroatoms. The zero-order chi connectivity index (χ0) is 12.1. The van der Waals surface area contributed by atoms with E-state index in [1.807, 2.05) is 13.8 Å². The van der Waals surface area contributed by atoms with Gasteiger partial charge in [-0.15, -0.1) is 0 Å². The van der Waals surface area contributed by atoms with Crippen LogP contribution in [0, 0.1) is 5.92 Å². The Morgan fingerprint density at radius 1 is 1.56 bits per heavy atom. The molecule has 3 nitrogen and oxygen atoms in total. The molecule has 0 aliphatic carbocycles. The zero-order valence-electron chi connectivity index (χ0n) is 9.09. The molecule has 0 saturated carbocycles. The largest absolute Gasteiger partial charge is 0.275 e. The summed E-state index contributed by atoms with van der Waals surface area (Å²) in [5.41, 5.74) is 2.87. The first kappa shape index (κ1) is 13.5. The Morgan fingerprint density at radius 3 is 2.81 bits per heavy atom. The van der Waals surface area contributed by atoms with Crippen LogP contribution in [-0.2, 0) is 4.84 Å². The van der Waals surface area contributed by atoms with Crippen LogP contribution >= 0.6 is 27.5 Å². The molecular weight excluding hydrogens is 293 g/mol. The standard InChI is InChI=1S/C11H13BrClNO2/c1-7(2)6-16-14-11(15)9-4-3-8(13)5-10(9)12/h3-5,7H,6H2,1-2H3,(H,14,15). The predicted octanol–water partition coefficient (Wildman–Crippen LogP) is 3.42. The van der Waals surface area contributed by atoms with Crippen LogP contribution in [0.3, 0.4) is 0 Å². The van der Waals surface area contributed by atoms with Gasteiger partial charge in [0.2, 0.25) is 0 Å². The van der Waals surface area contributed by atoms with Crippen molar-refractivity contribution in [2.75, 3.05) is 6.61 Å². The summed E-state index contributed by atoms with van der Waals surface area (Å²) in [7, 11) is 0. The molecule has 1 amide bonds. The minimum Gasteiger partial charge on any atom is -0.273 e. The molecule has 1 N–H and O–H groups in total. The van der Waals surface area contributed by atoms with E-state index in [1.54, 1.807) is 18.2 Å². The van der Waals surface area contributed by atoms with Gasteiger partial charge in [-0.25, -0.2) is 5.48 Å². The fraction of sp³-hybridized carbons (Fsp3) is 0.364. The topological polar surface area (TPSA) is 38.3 Å². The lowest BCUT2D eigenvalue weighted by Gasteiger charge is -2.08. The normalized spacial score (nSPS) is 10.6. The molecule has 0 atom stereocenters. The second-order valence-corrected chi connectivity index (χ2v) is 5.05. The van der Waals surface area contributed by atoms with Crippen LogP contribution in [0.25, 0.3) is 0 Å². The first-order valence-corrected chi connectivity index (χ1v) is 6.05. The van der Waals surface area contributed by atoms with Gasteiger partial charge in [-0.05, 0) is 40.0 Å². The van der Waals surface area contributed by atoms with Crippen molar-refractivity contribution < 1.29 is 9.63 Å². The van der Waals surface area contributed by atoms with E-state index in [4.69, 9.17) is 16.4 Å². The lowest BCUT2D eigenvalue weighted by Crippen LogP contribution is -2.25. The lowest BCUT2D eigenvalue weighted by atomic mass is 10.2. The highest BCUT2D eigenvalue weighted by molar-refractivity contribution is 9.10. The van der Waals surface area contributed by atoms with E-state index in [2.05, 4.69) is 21.4 Å². The molecule has 0 radical (unpaired) electrons. The van der Waals surface area contributed by atoms with Gasteiger partial charge in [0, 0.05) is 9.50 Å². The number of halogens is 2. The molecule has 1 aromatic rings. The molecule has 0 bridgehead atoms. The number of hydrogen-bond acceptors (Lipinski definition) is 2. The van der Waals surface area contributed by atoms with Crippen LogP contribution in [0.5, 0.6) is 0 Å². The molecule has 0 spiro atoms. The summed E-state index contributed by atoms with van der Waals surface area (Å²) >= 11 is 9.04. The maximum absolute atomic E-state index is 11.6. The predicted molar refractivity (Wildman–Crippen MR) is 67.4 cm³/mol. The van der Waals surface area contributed by atoms with Crippen molar-refractivity contribution in [2.45, 2.75) is 13.8 Å². The third kappa shape index (κ3) is 4.12. The van der Waals surface area contributed by atoms with E-state index in [-0.39, 0.29) is 5.91 Å². The average Bonchev–Trinajstić information content (AvgIpc) is 2.16. The summed E-state index contributed by atoms with van der Waals surface area (Å²) < 4.78 is 0.644. The maximum Gasteiger partial charge on any atom is 0.275 e. The fourth-order valence-corrected chi connectivity index (χ4v) is 1.87. The molecule has 0 aromatic heterocycles. The first-order valence-electron chi connectivity index (χ1n) is 4.88. The molecule has 0 aliphatic rings. The van der Waals surface area contributed by atoms with Gasteiger partial charge in [0.25, 0.3) is 5.91 Å². The van der Waals surface area contributed by atoms with Crippen molar-refractivity contribution in [1.29, 1.82) is 0 Å². The second-order valence-electron chi connectivity index (χ2n) is 3.76. The van der Waals surface area contributed by atoms with Crippen molar-refractivity contribution >= 4 is 33.4 Å². The van der Waals surface area contributed by atoms with Gasteiger partial charge >= 0.3 is 0 Å². The van der Waals surface area contributed by atoms with E-state index in [0.29, 0.717) is 27.6 Å². The lowest BCUT2D eigenvalue weighted by molar-refractivity contribution is 0.0208. The summed E-state index contributed by atoms with van der Waals surface area (Å²) in [6.45, 7) is 4.49. The SMILES string of the molecule is CC(C)CONC(=O)c1ccc(Cl)cc1Br. The number of hydroxylamine groups is 1. The first-order chi connectivity index (χ1) is 7.50. The minimum absolute atomic E-state index is 0.288. The van der Waals surface area contributed by atoms with Crippen molar-refractivity contribution in [3.05, 3.63) is 33.3 Å². The van der Waals surface area contributed by atoms with Crippen LogP contribution in [0.2, 0.25) is 5.02 Å². The highest BCUT2D eigenvalue weighted by Crippen LogP contribution is 2.21. The van der Waals surface area contributed by atoms with Crippen LogP contribution < -0.4 is 5.48 Å². The molecule has 1 rings (SSSR count). The molecule has 0 heterocycles. The van der Waals surface area contributed by atoms with E-state index in [0.717, 1.165) is 0 Å². The number of nitrogens with one attached hydrogen (secondary N) is 1. The van der Waals surface area contributed by atoms with Crippen LogP contribution in [-0.4, -0.2) is 12.5 Å². The Kier molecular flexibility index (Phi) is 5.25. The van der Waals surface area contributed by atoms with E-state index in [1.165, 1.54) is 0 Å². The van der Waals surface area contributed by atoms with E-state index >= 15 is 0 Å². The number of rotatable bonds is 4. The summed E-state index contributed by atoms with van der Waals surface area (Å²) in [5.74, 6) is 0.0816. The quantitative estimate of drug-likeness (QED) is 0.866. The van der Waals surface area contributed by atoms with Gasteiger partial charge in [0.1, 0.15) is 0 Å². The molecule has 0 fully saturated rings. The number of carbonyl (C=O) groups excluding carboxylic acids is 1. The number of hydrogen-bond donors (Lipinski definition) is 1. The Labute approximate surface area is 108 Å².